The van der Waals surface area contributed by atoms with Crippen molar-refractivity contribution in [1.29, 1.82) is 0 Å². The molecule has 2 atom stereocenters. The summed E-state index contributed by atoms with van der Waals surface area (Å²) in [7, 11) is 5.94. The zero-order chi connectivity index (χ0) is 25.0. The van der Waals surface area contributed by atoms with Crippen molar-refractivity contribution in [3.63, 3.8) is 0 Å². The number of aromatic nitrogens is 2. The Hall–Kier alpha value is -1.62. The summed E-state index contributed by atoms with van der Waals surface area (Å²) in [6.45, 7) is 13.5. The van der Waals surface area contributed by atoms with E-state index >= 15 is 0 Å². The predicted molar refractivity (Wildman–Crippen MR) is 153 cm³/mol. The van der Waals surface area contributed by atoms with Crippen LogP contribution in [-0.2, 0) is 39.2 Å². The molecule has 0 fully saturated rings. The van der Waals surface area contributed by atoms with E-state index in [1.807, 2.05) is 36.7 Å². The minimum Gasteiger partial charge on any atom is -0.745 e. The summed E-state index contributed by atoms with van der Waals surface area (Å²) in [6.07, 6.45) is 4.62. The van der Waals surface area contributed by atoms with Crippen molar-refractivity contribution in [1.82, 2.24) is 9.97 Å². The summed E-state index contributed by atoms with van der Waals surface area (Å²) >= 11 is 0. The molecule has 0 N–H and O–H groups in total. The maximum absolute atomic E-state index is 4.71. The Labute approximate surface area is 227 Å². The summed E-state index contributed by atoms with van der Waals surface area (Å²) < 4.78 is 0. The van der Waals surface area contributed by atoms with Gasteiger partial charge in [0.05, 0.1) is 0 Å². The first kappa shape index (κ1) is 29.6. The zero-order valence-electron chi connectivity index (χ0n) is 21.7. The fraction of sp³-hybridized carbons (Fsp3) is 0.333. The van der Waals surface area contributed by atoms with E-state index in [-0.39, 0.29) is 22.5 Å². The van der Waals surface area contributed by atoms with Crippen LogP contribution in [0.25, 0.3) is 0 Å². The van der Waals surface area contributed by atoms with Gasteiger partial charge in [-0.2, -0.15) is 42.3 Å². The van der Waals surface area contributed by atoms with Crippen molar-refractivity contribution in [2.45, 2.75) is 63.7 Å². The van der Waals surface area contributed by atoms with Gasteiger partial charge in [-0.15, -0.1) is 0 Å². The Morgan fingerprint density at radius 1 is 0.771 bits per heavy atom. The van der Waals surface area contributed by atoms with Crippen LogP contribution in [0.5, 0.6) is 0 Å². The smallest absolute Gasteiger partial charge is 0.0270 e. The summed E-state index contributed by atoms with van der Waals surface area (Å²) in [5.41, 5.74) is 7.74. The van der Waals surface area contributed by atoms with Crippen LogP contribution in [0.1, 0.15) is 75.2 Å². The van der Waals surface area contributed by atoms with E-state index in [1.54, 1.807) is 0 Å². The van der Waals surface area contributed by atoms with Gasteiger partial charge in [-0.05, 0) is 24.3 Å². The van der Waals surface area contributed by atoms with E-state index in [4.69, 9.17) is 9.97 Å². The average Bonchev–Trinajstić information content (AvgIpc) is 3.50. The van der Waals surface area contributed by atoms with Crippen LogP contribution < -0.4 is 0 Å². The molecule has 2 nitrogen and oxygen atoms in total. The first-order chi connectivity index (χ1) is 16.0. The molecule has 2 aromatic heterocycles. The fourth-order valence-electron chi connectivity index (χ4n) is 4.24. The third-order valence-corrected chi connectivity index (χ3v) is 7.45. The molecule has 4 aromatic rings. The predicted octanol–water partition coefficient (Wildman–Crippen LogP) is 7.74. The Kier molecular flexibility index (Phi) is 10.2. The van der Waals surface area contributed by atoms with Crippen molar-refractivity contribution in [3.05, 3.63) is 119 Å². The van der Waals surface area contributed by atoms with Crippen LogP contribution in [0, 0.1) is 0 Å². The molecule has 0 saturated heterocycles. The van der Waals surface area contributed by atoms with Gasteiger partial charge in [-0.3, -0.25) is 9.97 Å². The van der Waals surface area contributed by atoms with E-state index in [1.165, 1.54) is 22.3 Å². The molecule has 0 saturated carbocycles. The van der Waals surface area contributed by atoms with Crippen molar-refractivity contribution < 1.29 is 17.1 Å². The van der Waals surface area contributed by atoms with E-state index in [0.717, 1.165) is 17.5 Å². The van der Waals surface area contributed by atoms with Gasteiger partial charge in [-0.25, -0.2) is 17.5 Å². The van der Waals surface area contributed by atoms with E-state index in [9.17, 15) is 0 Å². The van der Waals surface area contributed by atoms with Gasteiger partial charge in [0, 0.05) is 40.9 Å². The van der Waals surface area contributed by atoms with Crippen molar-refractivity contribution in [2.24, 2.45) is 0 Å². The summed E-state index contributed by atoms with van der Waals surface area (Å²) in [4.78, 5) is 9.43. The van der Waals surface area contributed by atoms with E-state index < -0.39 is 5.16 Å². The second-order valence-electron chi connectivity index (χ2n) is 10.8. The van der Waals surface area contributed by atoms with Gasteiger partial charge in [0.15, 0.2) is 0 Å². The normalized spacial score (nSPS) is 11.9. The second-order valence-corrected chi connectivity index (χ2v) is 12.0. The number of pyridine rings is 2. The minimum absolute atomic E-state index is 0. The maximum Gasteiger partial charge on any atom is 0.0270 e. The molecule has 192 valence electrons. The largest absolute Gasteiger partial charge is 0.745 e. The quantitative estimate of drug-likeness (QED) is 0.149. The van der Waals surface area contributed by atoms with E-state index in [2.05, 4.69) is 109 Å². The Bertz CT molecular complexity index is 1110. The molecular formula is C30H38FeN2P2-6. The molecule has 2 unspecified atom stereocenters. The topological polar surface area (TPSA) is 25.8 Å². The monoisotopic (exact) mass is 544 g/mol. The summed E-state index contributed by atoms with van der Waals surface area (Å²) in [6, 6.07) is 25.2. The second kappa shape index (κ2) is 12.1. The third-order valence-electron chi connectivity index (χ3n) is 6.13. The molecule has 0 aliphatic heterocycles. The summed E-state index contributed by atoms with van der Waals surface area (Å²) in [5, 5.41) is -0.472. The van der Waals surface area contributed by atoms with Crippen LogP contribution in [0.15, 0.2) is 85.2 Å². The van der Waals surface area contributed by atoms with Gasteiger partial charge < -0.3 is 28.8 Å². The van der Waals surface area contributed by atoms with Crippen LogP contribution in [0.2, 0.25) is 0 Å². The molecule has 0 bridgehead atoms. The number of hydrogen-bond acceptors (Lipinski definition) is 2. The number of hydrogen-bond donors (Lipinski definition) is 0. The molecule has 2 aromatic carbocycles. The van der Waals surface area contributed by atoms with Crippen molar-refractivity contribution in [2.75, 3.05) is 0 Å². The van der Waals surface area contributed by atoms with Crippen LogP contribution in [-0.4, -0.2) is 9.97 Å². The van der Waals surface area contributed by atoms with Gasteiger partial charge >= 0.3 is 0 Å². The standard InChI is InChI=1S/C21H25N2P2.C9H13.Fe/c1-20(2,3)16-11-10-15(14-24)19(16)21(25,17-8-4-6-12-22-17)18-9-5-7-13-23-18;1-9(2,3)8-6-4-5-7-8;/h4-13H,14,24-25H2,1-3H3;4-7H,1-3H3;/q-5;-1;. The number of rotatable bonds is 4. The maximum atomic E-state index is 4.71. The summed E-state index contributed by atoms with van der Waals surface area (Å²) in [5.74, 6) is 0. The van der Waals surface area contributed by atoms with Crippen LogP contribution in [0.3, 0.4) is 0 Å². The van der Waals surface area contributed by atoms with E-state index in [0.29, 0.717) is 5.41 Å². The zero-order valence-corrected chi connectivity index (χ0v) is 25.1. The first-order valence-electron chi connectivity index (χ1n) is 11.8. The molecular weight excluding hydrogens is 506 g/mol. The van der Waals surface area contributed by atoms with Gasteiger partial charge in [0.2, 0.25) is 0 Å². The van der Waals surface area contributed by atoms with Crippen molar-refractivity contribution in [3.8, 4) is 0 Å². The van der Waals surface area contributed by atoms with Crippen LogP contribution >= 0.6 is 18.5 Å². The molecule has 0 radical (unpaired) electrons. The van der Waals surface area contributed by atoms with Gasteiger partial charge in [-0.1, -0.05) is 64.2 Å². The molecule has 5 heteroatoms. The van der Waals surface area contributed by atoms with Crippen LogP contribution in [0.4, 0.5) is 0 Å². The average molecular weight is 544 g/mol. The third kappa shape index (κ3) is 6.78. The molecule has 0 aliphatic rings. The SMILES string of the molecule is CC(C)(C)[c-]1[cH-][cH-][c-](CP)[c-]1C(P)(c1ccccn1)c1ccccn1.CC(C)(C)[c-]1cccc1.[Fe]. The Morgan fingerprint density at radius 3 is 1.63 bits per heavy atom. The fourth-order valence-corrected chi connectivity index (χ4v) is 5.26. The molecule has 35 heavy (non-hydrogen) atoms. The molecule has 0 spiro atoms. The first-order valence-corrected chi connectivity index (χ1v) is 13.2. The minimum atomic E-state index is -0.472. The molecule has 4 rings (SSSR count). The Morgan fingerprint density at radius 2 is 1.29 bits per heavy atom. The van der Waals surface area contributed by atoms with Gasteiger partial charge in [0.1, 0.15) is 0 Å². The van der Waals surface area contributed by atoms with Gasteiger partial charge in [0.25, 0.3) is 0 Å². The molecule has 2 heterocycles. The Balaban J connectivity index is 0.000000366. The molecule has 0 aliphatic carbocycles. The molecule has 0 amide bonds. The number of nitrogens with zero attached hydrogens (tertiary/aromatic N) is 2. The van der Waals surface area contributed by atoms with Crippen molar-refractivity contribution >= 4 is 18.5 Å².